The number of morpholine rings is 1. The fourth-order valence-electron chi connectivity index (χ4n) is 5.79. The van der Waals surface area contributed by atoms with Crippen molar-refractivity contribution in [2.75, 3.05) is 0 Å². The molecule has 0 spiro atoms. The van der Waals surface area contributed by atoms with Crippen molar-refractivity contribution in [3.8, 4) is 0 Å². The van der Waals surface area contributed by atoms with Gasteiger partial charge >= 0.3 is 0 Å². The molecule has 5 atom stereocenters. The molecule has 1 unspecified atom stereocenters. The zero-order valence-corrected chi connectivity index (χ0v) is 16.2. The lowest BCUT2D eigenvalue weighted by atomic mass is 9.82. The number of likely N-dealkylation sites (tertiary alicyclic amines) is 1. The molecule has 2 bridgehead atoms. The van der Waals surface area contributed by atoms with Gasteiger partial charge in [0.25, 0.3) is 0 Å². The quantitative estimate of drug-likeness (QED) is 0.627. The van der Waals surface area contributed by atoms with Gasteiger partial charge in [0.1, 0.15) is 17.0 Å². The molecule has 0 amide bonds. The van der Waals surface area contributed by atoms with E-state index in [-0.39, 0.29) is 12.1 Å². The summed E-state index contributed by atoms with van der Waals surface area (Å²) in [6, 6.07) is 31.8. The molecule has 0 radical (unpaired) electrons. The summed E-state index contributed by atoms with van der Waals surface area (Å²) in [5.41, 5.74) is 2.42. The minimum absolute atomic E-state index is 0.219. The van der Waals surface area contributed by atoms with E-state index in [1.54, 1.807) is 0 Å². The fourth-order valence-corrected chi connectivity index (χ4v) is 5.79. The van der Waals surface area contributed by atoms with Crippen LogP contribution in [0.5, 0.6) is 0 Å². The van der Waals surface area contributed by atoms with Crippen molar-refractivity contribution in [1.29, 1.82) is 0 Å². The Balaban J connectivity index is 1.48. The first-order valence-electron chi connectivity index (χ1n) is 10.4. The van der Waals surface area contributed by atoms with Crippen LogP contribution in [0.25, 0.3) is 0 Å². The molecule has 29 heavy (non-hydrogen) atoms. The maximum absolute atomic E-state index is 13.0. The van der Waals surface area contributed by atoms with Gasteiger partial charge in [0.15, 0.2) is 0 Å². The molecule has 3 heterocycles. The first-order chi connectivity index (χ1) is 14.2. The molecule has 3 aliphatic rings. The Morgan fingerprint density at radius 2 is 1.17 bits per heavy atom. The number of hydrogen-bond donors (Lipinski definition) is 0. The second kappa shape index (κ2) is 6.12. The summed E-state index contributed by atoms with van der Waals surface area (Å²) in [5, 5.41) is 0. The predicted octanol–water partition coefficient (Wildman–Crippen LogP) is 4.42. The summed E-state index contributed by atoms with van der Waals surface area (Å²) in [6.45, 7) is 0.886. The molecule has 3 nitrogen and oxygen atoms in total. The van der Waals surface area contributed by atoms with E-state index in [1.807, 2.05) is 36.4 Å². The van der Waals surface area contributed by atoms with E-state index in [1.165, 1.54) is 5.56 Å². The molecule has 3 aromatic carbocycles. The van der Waals surface area contributed by atoms with Crippen molar-refractivity contribution >= 4 is 5.78 Å². The van der Waals surface area contributed by atoms with Crippen LogP contribution in [0.15, 0.2) is 91.0 Å². The Labute approximate surface area is 170 Å². The van der Waals surface area contributed by atoms with Crippen molar-refractivity contribution in [2.24, 2.45) is 0 Å². The number of Topliss-reactive ketones (excluding diaryl/α,β-unsaturated/α-hetero) is 1. The molecule has 144 valence electrons. The van der Waals surface area contributed by atoms with Gasteiger partial charge in [0, 0.05) is 19.4 Å². The Bertz CT molecular complexity index is 988. The smallest absolute Gasteiger partial charge is 0.139 e. The van der Waals surface area contributed by atoms with E-state index < -0.39 is 11.2 Å². The minimum Gasteiger partial charge on any atom is -0.355 e. The lowest BCUT2D eigenvalue weighted by Crippen LogP contribution is -2.49. The van der Waals surface area contributed by atoms with Gasteiger partial charge in [0.2, 0.25) is 0 Å². The SMILES string of the molecule is O=C1C[C@@]2(c3ccccc3)O[C@@](c3ccccc3)(C1)[C@H]1[C@@H]2N1Cc1ccccc1. The number of carbonyl (C=O) groups is 1. The molecule has 0 aliphatic carbocycles. The number of ketones is 1. The van der Waals surface area contributed by atoms with Gasteiger partial charge < -0.3 is 4.74 Å². The first kappa shape index (κ1) is 17.1. The van der Waals surface area contributed by atoms with Crippen LogP contribution < -0.4 is 0 Å². The number of rotatable bonds is 4. The summed E-state index contributed by atoms with van der Waals surface area (Å²) in [6.07, 6.45) is 0.913. The van der Waals surface area contributed by atoms with Gasteiger partial charge in [-0.15, -0.1) is 0 Å². The van der Waals surface area contributed by atoms with E-state index in [9.17, 15) is 4.79 Å². The van der Waals surface area contributed by atoms with Crippen LogP contribution in [0.4, 0.5) is 0 Å². The highest BCUT2D eigenvalue weighted by molar-refractivity contribution is 5.84. The van der Waals surface area contributed by atoms with Gasteiger partial charge in [-0.2, -0.15) is 0 Å². The molecular weight excluding hydrogens is 358 g/mol. The van der Waals surface area contributed by atoms with Crippen LogP contribution in [-0.4, -0.2) is 22.8 Å². The number of ether oxygens (including phenoxy) is 1. The van der Waals surface area contributed by atoms with Crippen LogP contribution in [0.2, 0.25) is 0 Å². The van der Waals surface area contributed by atoms with E-state index in [0.717, 1.165) is 17.7 Å². The van der Waals surface area contributed by atoms with Crippen LogP contribution in [-0.2, 0) is 27.3 Å². The third-order valence-corrected chi connectivity index (χ3v) is 6.90. The lowest BCUT2D eigenvalue weighted by molar-refractivity contribution is -0.189. The molecule has 3 heteroatoms. The monoisotopic (exact) mass is 381 g/mol. The second-order valence-electron chi connectivity index (χ2n) is 8.55. The molecule has 3 saturated heterocycles. The van der Waals surface area contributed by atoms with Gasteiger partial charge in [-0.3, -0.25) is 9.69 Å². The Morgan fingerprint density at radius 1 is 0.724 bits per heavy atom. The standard InChI is InChI=1S/C26H23NO2/c28-22-16-25(20-12-6-2-7-13-20)23-24(27(23)18-19-10-4-1-5-11-19)26(17-22,29-25)21-14-8-3-9-15-21/h1-15,23-24H,16-18H2/t23-,24+,25-,26+,27?. The summed E-state index contributed by atoms with van der Waals surface area (Å²) in [4.78, 5) is 15.6. The summed E-state index contributed by atoms with van der Waals surface area (Å²) in [7, 11) is 0. The van der Waals surface area contributed by atoms with E-state index in [4.69, 9.17) is 4.74 Å². The highest BCUT2D eigenvalue weighted by Gasteiger charge is 2.78. The molecule has 3 aromatic rings. The lowest BCUT2D eigenvalue weighted by Gasteiger charge is -2.45. The summed E-state index contributed by atoms with van der Waals surface area (Å²) < 4.78 is 6.98. The van der Waals surface area contributed by atoms with Crippen molar-refractivity contribution in [1.82, 2.24) is 4.90 Å². The average Bonchev–Trinajstić information content (AvgIpc) is 3.44. The topological polar surface area (TPSA) is 29.3 Å². The van der Waals surface area contributed by atoms with Gasteiger partial charge in [0.05, 0.1) is 12.1 Å². The van der Waals surface area contributed by atoms with E-state index in [0.29, 0.717) is 18.6 Å². The Kier molecular flexibility index (Phi) is 3.62. The summed E-state index contributed by atoms with van der Waals surface area (Å²) in [5.74, 6) is 0.302. The van der Waals surface area contributed by atoms with Crippen molar-refractivity contribution in [3.63, 3.8) is 0 Å². The van der Waals surface area contributed by atoms with Gasteiger partial charge in [-0.25, -0.2) is 0 Å². The Morgan fingerprint density at radius 3 is 1.66 bits per heavy atom. The summed E-state index contributed by atoms with van der Waals surface area (Å²) >= 11 is 0. The fraction of sp³-hybridized carbons (Fsp3) is 0.269. The van der Waals surface area contributed by atoms with Gasteiger partial charge in [-0.05, 0) is 16.7 Å². The van der Waals surface area contributed by atoms with E-state index >= 15 is 0 Å². The normalized spacial score (nSPS) is 34.6. The number of fused-ring (bicyclic) bond motifs is 5. The maximum atomic E-state index is 13.0. The highest BCUT2D eigenvalue weighted by Crippen LogP contribution is 2.67. The zero-order valence-electron chi connectivity index (χ0n) is 16.2. The molecule has 0 saturated carbocycles. The maximum Gasteiger partial charge on any atom is 0.139 e. The van der Waals surface area contributed by atoms with Crippen molar-refractivity contribution < 1.29 is 9.53 Å². The van der Waals surface area contributed by atoms with Crippen molar-refractivity contribution in [3.05, 3.63) is 108 Å². The molecular formula is C26H23NO2. The molecule has 0 N–H and O–H groups in total. The van der Waals surface area contributed by atoms with Crippen LogP contribution >= 0.6 is 0 Å². The predicted molar refractivity (Wildman–Crippen MR) is 111 cm³/mol. The van der Waals surface area contributed by atoms with Crippen LogP contribution in [0.3, 0.4) is 0 Å². The Hall–Kier alpha value is -2.75. The molecule has 6 rings (SSSR count). The number of carbonyl (C=O) groups excluding carboxylic acids is 1. The third kappa shape index (κ3) is 2.41. The average molecular weight is 381 g/mol. The number of benzene rings is 3. The third-order valence-electron chi connectivity index (χ3n) is 6.90. The number of hydrogen-bond acceptors (Lipinski definition) is 3. The highest BCUT2D eigenvalue weighted by atomic mass is 16.5. The van der Waals surface area contributed by atoms with Gasteiger partial charge in [-0.1, -0.05) is 91.0 Å². The molecule has 3 fully saturated rings. The van der Waals surface area contributed by atoms with Crippen LogP contribution in [0.1, 0.15) is 29.5 Å². The first-order valence-corrected chi connectivity index (χ1v) is 10.4. The van der Waals surface area contributed by atoms with Crippen molar-refractivity contribution in [2.45, 2.75) is 42.7 Å². The van der Waals surface area contributed by atoms with Crippen LogP contribution in [0, 0.1) is 0 Å². The van der Waals surface area contributed by atoms with E-state index in [2.05, 4.69) is 59.5 Å². The zero-order chi connectivity index (χ0) is 19.5. The second-order valence-corrected chi connectivity index (χ2v) is 8.55. The largest absolute Gasteiger partial charge is 0.355 e. The minimum atomic E-state index is -0.564. The number of nitrogens with zero attached hydrogens (tertiary/aromatic N) is 1. The molecule has 0 aromatic heterocycles. The molecule has 3 aliphatic heterocycles.